The van der Waals surface area contributed by atoms with Crippen molar-refractivity contribution in [1.82, 2.24) is 0 Å². The average molecular weight is 296 g/mol. The highest BCUT2D eigenvalue weighted by Gasteiger charge is 2.20. The highest BCUT2D eigenvalue weighted by Crippen LogP contribution is 2.06. The minimum absolute atomic E-state index is 0.715. The summed E-state index contributed by atoms with van der Waals surface area (Å²) in [7, 11) is -6.00. The second-order valence-corrected chi connectivity index (χ2v) is 3.56. The third kappa shape index (κ3) is 13.6. The van der Waals surface area contributed by atoms with Crippen LogP contribution in [0.25, 0.3) is 5.53 Å². The molecule has 0 bridgehead atoms. The molecule has 0 aliphatic heterocycles. The zero-order valence-corrected chi connectivity index (χ0v) is 10.8. The molecule has 0 fully saturated rings. The molecule has 0 amide bonds. The molecule has 21 heavy (non-hydrogen) atoms. The van der Waals surface area contributed by atoms with Crippen molar-refractivity contribution < 1.29 is 22.1 Å². The summed E-state index contributed by atoms with van der Waals surface area (Å²) in [6.45, 7) is 0. The van der Waals surface area contributed by atoms with Gasteiger partial charge in [0.15, 0.2) is 0 Å². The molecule has 110 valence electrons. The summed E-state index contributed by atoms with van der Waals surface area (Å²) in [6.07, 6.45) is 8.23. The van der Waals surface area contributed by atoms with Crippen LogP contribution in [0.3, 0.4) is 0 Å². The second-order valence-electron chi connectivity index (χ2n) is 3.56. The van der Waals surface area contributed by atoms with E-state index in [2.05, 4.69) is 4.79 Å². The molecule has 1 aliphatic carbocycles. The third-order valence-electron chi connectivity index (χ3n) is 1.89. The Morgan fingerprint density at radius 3 is 1.95 bits per heavy atom. The van der Waals surface area contributed by atoms with E-state index in [1.54, 1.807) is 18.2 Å². The first kappa shape index (κ1) is 18.4. The van der Waals surface area contributed by atoms with Crippen molar-refractivity contribution in [3.8, 4) is 6.07 Å². The number of nitriles is 1. The van der Waals surface area contributed by atoms with E-state index >= 15 is 0 Å². The molecule has 0 aromatic heterocycles. The number of hydrogen-bond donors (Lipinski definition) is 0. The largest absolute Gasteiger partial charge is 0.673 e. The molecule has 8 heteroatoms. The highest BCUT2D eigenvalue weighted by molar-refractivity contribution is 6.50. The molecule has 0 saturated heterocycles. The lowest BCUT2D eigenvalue weighted by molar-refractivity contribution is -0.00537. The normalized spacial score (nSPS) is 12.0. The molecular formula is C13H11BF4N3-. The fraction of sp³-hybridized carbons (Fsp3) is 0.0769. The van der Waals surface area contributed by atoms with Gasteiger partial charge in [-0.2, -0.15) is 10.1 Å². The Labute approximate surface area is 119 Å². The van der Waals surface area contributed by atoms with Crippen molar-refractivity contribution in [2.24, 2.45) is 0 Å². The maximum atomic E-state index is 9.75. The molecule has 0 N–H and O–H groups in total. The smallest absolute Gasteiger partial charge is 0.418 e. The maximum absolute atomic E-state index is 9.75. The van der Waals surface area contributed by atoms with Crippen molar-refractivity contribution in [2.75, 3.05) is 0 Å². The zero-order valence-electron chi connectivity index (χ0n) is 10.8. The highest BCUT2D eigenvalue weighted by atomic mass is 19.5. The summed E-state index contributed by atoms with van der Waals surface area (Å²) < 4.78 is 39.0. The van der Waals surface area contributed by atoms with E-state index in [1.165, 1.54) is 0 Å². The molecule has 0 spiro atoms. The number of rotatable bonds is 0. The van der Waals surface area contributed by atoms with Gasteiger partial charge in [0.25, 0.3) is 5.71 Å². The maximum Gasteiger partial charge on any atom is 0.673 e. The van der Waals surface area contributed by atoms with E-state index in [9.17, 15) is 17.3 Å². The summed E-state index contributed by atoms with van der Waals surface area (Å²) in [6, 6.07) is 11.2. The molecule has 3 nitrogen and oxygen atoms in total. The Morgan fingerprint density at radius 2 is 1.67 bits per heavy atom. The second kappa shape index (κ2) is 10.2. The van der Waals surface area contributed by atoms with Gasteiger partial charge in [-0.25, -0.2) is 0 Å². The summed E-state index contributed by atoms with van der Waals surface area (Å²) in [4.78, 5) is 3.03. The number of benzene rings is 1. The molecule has 1 aromatic carbocycles. The molecule has 0 saturated carbocycles. The lowest BCUT2D eigenvalue weighted by Crippen LogP contribution is -2.02. The predicted octanol–water partition coefficient (Wildman–Crippen LogP) is 4.03. The third-order valence-corrected chi connectivity index (χ3v) is 1.89. The van der Waals surface area contributed by atoms with Gasteiger partial charge in [0, 0.05) is 6.08 Å². The van der Waals surface area contributed by atoms with Crippen molar-refractivity contribution >= 4 is 13.0 Å². The van der Waals surface area contributed by atoms with Crippen LogP contribution in [0.4, 0.5) is 17.3 Å². The van der Waals surface area contributed by atoms with Crippen molar-refractivity contribution in [3.05, 3.63) is 65.7 Å². The van der Waals surface area contributed by atoms with Crippen molar-refractivity contribution in [1.29, 1.82) is 5.26 Å². The van der Waals surface area contributed by atoms with Gasteiger partial charge >= 0.3 is 7.25 Å². The first-order chi connectivity index (χ1) is 9.86. The SMILES string of the molecule is F[B-](F)(F)F.N#Cc1ccccc1.[N-]=[N+]=C1C=CC=CC1. The van der Waals surface area contributed by atoms with Crippen LogP contribution in [0.5, 0.6) is 0 Å². The fourth-order valence-electron chi connectivity index (χ4n) is 1.09. The van der Waals surface area contributed by atoms with Gasteiger partial charge in [0.1, 0.15) is 0 Å². The van der Waals surface area contributed by atoms with Crippen LogP contribution >= 0.6 is 0 Å². The molecule has 0 unspecified atom stereocenters. The van der Waals surface area contributed by atoms with Crippen LogP contribution in [-0.2, 0) is 0 Å². The zero-order chi connectivity index (χ0) is 16.1. The van der Waals surface area contributed by atoms with Gasteiger partial charge in [-0.15, -0.1) is 0 Å². The summed E-state index contributed by atoms with van der Waals surface area (Å²) in [5.41, 5.74) is 9.62. The van der Waals surface area contributed by atoms with Gasteiger partial charge < -0.3 is 22.8 Å². The quantitative estimate of drug-likeness (QED) is 0.308. The standard InChI is InChI=1S/C7H5N.C6H6N2.BF4/c8-6-7-4-2-1-3-5-7;7-8-6-4-2-1-3-5-6;2-1(3,4)5/h1-5H;1-4H,5H2;/q;;-1. The molecule has 0 heterocycles. The summed E-state index contributed by atoms with van der Waals surface area (Å²) in [5.74, 6) is 0. The minimum atomic E-state index is -6.00. The lowest BCUT2D eigenvalue weighted by atomic mass is 10.2. The van der Waals surface area contributed by atoms with E-state index < -0.39 is 7.25 Å². The number of hydrogen-bond acceptors (Lipinski definition) is 1. The molecule has 0 atom stereocenters. The lowest BCUT2D eigenvalue weighted by Gasteiger charge is -1.94. The van der Waals surface area contributed by atoms with E-state index in [4.69, 9.17) is 10.8 Å². The summed E-state index contributed by atoms with van der Waals surface area (Å²) in [5, 5.41) is 8.29. The van der Waals surface area contributed by atoms with Crippen LogP contribution in [0.15, 0.2) is 54.6 Å². The van der Waals surface area contributed by atoms with Gasteiger partial charge in [0.2, 0.25) is 0 Å². The molecule has 1 aliphatic rings. The first-order valence-electron chi connectivity index (χ1n) is 5.73. The van der Waals surface area contributed by atoms with Gasteiger partial charge in [-0.1, -0.05) is 36.4 Å². The van der Waals surface area contributed by atoms with Crippen molar-refractivity contribution in [2.45, 2.75) is 6.42 Å². The Balaban J connectivity index is 0.000000296. The topological polar surface area (TPSA) is 60.2 Å². The Kier molecular flexibility index (Phi) is 8.90. The number of allylic oxidation sites excluding steroid dienone is 4. The van der Waals surface area contributed by atoms with E-state index in [0.29, 0.717) is 11.3 Å². The van der Waals surface area contributed by atoms with Crippen LogP contribution in [0.1, 0.15) is 12.0 Å². The molecule has 1 aromatic rings. The molecular weight excluding hydrogens is 285 g/mol. The van der Waals surface area contributed by atoms with Gasteiger partial charge in [-0.3, -0.25) is 0 Å². The Morgan fingerprint density at radius 1 is 1.10 bits per heavy atom. The summed E-state index contributed by atoms with van der Waals surface area (Å²) >= 11 is 0. The average Bonchev–Trinajstić information content (AvgIpc) is 2.48. The Hall–Kier alpha value is -2.65. The van der Waals surface area contributed by atoms with E-state index in [0.717, 1.165) is 6.42 Å². The molecule has 0 radical (unpaired) electrons. The Bertz CT molecular complexity index is 561. The molecule has 2 rings (SSSR count). The van der Waals surface area contributed by atoms with E-state index in [1.807, 2.05) is 42.5 Å². The number of nitrogens with zero attached hydrogens (tertiary/aromatic N) is 3. The van der Waals surface area contributed by atoms with Crippen molar-refractivity contribution in [3.63, 3.8) is 0 Å². The van der Waals surface area contributed by atoms with Crippen LogP contribution in [0.2, 0.25) is 0 Å². The predicted molar refractivity (Wildman–Crippen MR) is 72.9 cm³/mol. The number of halogens is 4. The van der Waals surface area contributed by atoms with Gasteiger partial charge in [-0.05, 0) is 12.1 Å². The first-order valence-corrected chi connectivity index (χ1v) is 5.73. The minimum Gasteiger partial charge on any atom is -0.418 e. The van der Waals surface area contributed by atoms with Crippen LogP contribution < -0.4 is 0 Å². The van der Waals surface area contributed by atoms with E-state index in [-0.39, 0.29) is 0 Å². The fourth-order valence-corrected chi connectivity index (χ4v) is 1.09. The monoisotopic (exact) mass is 296 g/mol. The van der Waals surface area contributed by atoms with Gasteiger partial charge in [0.05, 0.1) is 18.1 Å². The van der Waals surface area contributed by atoms with Crippen LogP contribution in [0, 0.1) is 11.3 Å². The van der Waals surface area contributed by atoms with Crippen LogP contribution in [-0.4, -0.2) is 17.8 Å².